The summed E-state index contributed by atoms with van der Waals surface area (Å²) in [5.74, 6) is 0. The fraction of sp³-hybridized carbons (Fsp3) is 1.00. The molecule has 5 nitrogen and oxygen atoms in total. The van der Waals surface area contributed by atoms with Gasteiger partial charge in [0.2, 0.25) is 10.0 Å². The van der Waals surface area contributed by atoms with Crippen LogP contribution in [0.5, 0.6) is 0 Å². The zero-order valence-electron chi connectivity index (χ0n) is 5.81. The van der Waals surface area contributed by atoms with E-state index >= 15 is 0 Å². The van der Waals surface area contributed by atoms with Crippen molar-refractivity contribution in [1.82, 2.24) is 0 Å². The summed E-state index contributed by atoms with van der Waals surface area (Å²) in [6.45, 7) is 1.27. The third kappa shape index (κ3) is 2.61. The molecule has 10 heavy (non-hydrogen) atoms. The Kier molecular flexibility index (Phi) is 3.23. The Bertz CT molecular complexity index is 187. The molecular formula is C4H11NO4S. The lowest BCUT2D eigenvalue weighted by atomic mass is 10.5. The average Bonchev–Trinajstić information content (AvgIpc) is 1.83. The predicted molar refractivity (Wildman–Crippen MR) is 35.6 cm³/mol. The number of sulfonamides is 1. The third-order valence-corrected chi connectivity index (χ3v) is 2.43. The van der Waals surface area contributed by atoms with E-state index in [1.54, 1.807) is 0 Å². The molecule has 0 aromatic carbocycles. The highest BCUT2D eigenvalue weighted by atomic mass is 32.2. The van der Waals surface area contributed by atoms with Crippen LogP contribution < -0.4 is 5.14 Å². The fourth-order valence-electron chi connectivity index (χ4n) is 0.354. The van der Waals surface area contributed by atoms with E-state index in [0.717, 1.165) is 0 Å². The molecule has 62 valence electrons. The van der Waals surface area contributed by atoms with Crippen LogP contribution in [-0.2, 0) is 14.8 Å². The number of hydrogen-bond acceptors (Lipinski definition) is 4. The molecule has 0 bridgehead atoms. The van der Waals surface area contributed by atoms with Crippen molar-refractivity contribution in [2.75, 3.05) is 7.11 Å². The van der Waals surface area contributed by atoms with E-state index in [1.807, 2.05) is 0 Å². The first-order chi connectivity index (χ1) is 4.39. The smallest absolute Gasteiger partial charge is 0.216 e. The maximum atomic E-state index is 10.5. The molecule has 0 saturated heterocycles. The largest absolute Gasteiger partial charge is 0.367 e. The first kappa shape index (κ1) is 9.83. The molecule has 0 aromatic heterocycles. The molecule has 6 heteroatoms. The van der Waals surface area contributed by atoms with Crippen LogP contribution in [0.15, 0.2) is 0 Å². The molecule has 0 rings (SSSR count). The number of methoxy groups -OCH3 is 1. The van der Waals surface area contributed by atoms with E-state index in [-0.39, 0.29) is 0 Å². The Morgan fingerprint density at radius 2 is 2.00 bits per heavy atom. The van der Waals surface area contributed by atoms with Crippen molar-refractivity contribution in [2.24, 2.45) is 5.14 Å². The molecule has 0 aromatic rings. The summed E-state index contributed by atoms with van der Waals surface area (Å²) in [6, 6.07) is 0. The van der Waals surface area contributed by atoms with Crippen LogP contribution in [-0.4, -0.2) is 32.2 Å². The quantitative estimate of drug-likeness (QED) is 0.510. The summed E-state index contributed by atoms with van der Waals surface area (Å²) < 4.78 is 25.3. The Morgan fingerprint density at radius 3 is 2.10 bits per heavy atom. The number of ether oxygens (including phenoxy) is 1. The summed E-state index contributed by atoms with van der Waals surface area (Å²) in [7, 11) is -2.49. The van der Waals surface area contributed by atoms with Gasteiger partial charge in [0.25, 0.3) is 0 Å². The lowest BCUT2D eigenvalue weighted by molar-refractivity contribution is -0.0720. The topological polar surface area (TPSA) is 89.6 Å². The van der Waals surface area contributed by atoms with E-state index in [0.29, 0.717) is 0 Å². The van der Waals surface area contributed by atoms with Crippen molar-refractivity contribution in [3.05, 3.63) is 0 Å². The Labute approximate surface area is 59.8 Å². The second-order valence-electron chi connectivity index (χ2n) is 1.92. The summed E-state index contributed by atoms with van der Waals surface area (Å²) in [5.41, 5.74) is 0. The van der Waals surface area contributed by atoms with Gasteiger partial charge in [0.15, 0.2) is 6.29 Å². The van der Waals surface area contributed by atoms with E-state index in [9.17, 15) is 8.42 Å². The van der Waals surface area contributed by atoms with Gasteiger partial charge in [0, 0.05) is 7.11 Å². The SMILES string of the molecule is CO[C@H](O)[C@@H](C)S(N)(=O)=O. The van der Waals surface area contributed by atoms with Crippen molar-refractivity contribution in [3.63, 3.8) is 0 Å². The molecule has 0 unspecified atom stereocenters. The maximum absolute atomic E-state index is 10.5. The van der Waals surface area contributed by atoms with Crippen molar-refractivity contribution in [3.8, 4) is 0 Å². The van der Waals surface area contributed by atoms with Gasteiger partial charge in [-0.25, -0.2) is 13.6 Å². The molecule has 0 radical (unpaired) electrons. The normalized spacial score (nSPS) is 18.4. The molecule has 0 heterocycles. The van der Waals surface area contributed by atoms with Gasteiger partial charge in [-0.05, 0) is 6.92 Å². The molecule has 0 saturated carbocycles. The standard InChI is InChI=1S/C4H11NO4S/c1-3(4(6)9-2)10(5,7)8/h3-4,6H,1-2H3,(H2,5,7,8)/t3-,4+/m1/s1. The monoisotopic (exact) mass is 169 g/mol. The highest BCUT2D eigenvalue weighted by Crippen LogP contribution is 2.01. The van der Waals surface area contributed by atoms with Crippen LogP contribution in [0.3, 0.4) is 0 Å². The number of primary sulfonamides is 1. The van der Waals surface area contributed by atoms with E-state index in [1.165, 1.54) is 14.0 Å². The van der Waals surface area contributed by atoms with Crippen LogP contribution in [0.25, 0.3) is 0 Å². The van der Waals surface area contributed by atoms with Crippen molar-refractivity contribution in [1.29, 1.82) is 0 Å². The summed E-state index contributed by atoms with van der Waals surface area (Å²) in [6.07, 6.45) is -1.35. The maximum Gasteiger partial charge on any atom is 0.216 e. The minimum absolute atomic E-state index is 1.09. The molecule has 0 fully saturated rings. The van der Waals surface area contributed by atoms with Crippen LogP contribution in [0.1, 0.15) is 6.92 Å². The zero-order chi connectivity index (χ0) is 8.36. The summed E-state index contributed by atoms with van der Waals surface area (Å²) in [5, 5.41) is 12.4. The Hall–Kier alpha value is -0.170. The number of hydrogen-bond donors (Lipinski definition) is 2. The average molecular weight is 169 g/mol. The predicted octanol–water partition coefficient (Wildman–Crippen LogP) is -1.37. The van der Waals surface area contributed by atoms with Gasteiger partial charge in [-0.15, -0.1) is 0 Å². The third-order valence-electron chi connectivity index (χ3n) is 1.16. The zero-order valence-corrected chi connectivity index (χ0v) is 6.63. The minimum atomic E-state index is -3.69. The summed E-state index contributed by atoms with van der Waals surface area (Å²) >= 11 is 0. The fourth-order valence-corrected chi connectivity index (χ4v) is 0.790. The van der Waals surface area contributed by atoms with Crippen molar-refractivity contribution in [2.45, 2.75) is 18.5 Å². The first-order valence-corrected chi connectivity index (χ1v) is 4.23. The van der Waals surface area contributed by atoms with Crippen LogP contribution >= 0.6 is 0 Å². The molecule has 0 aliphatic heterocycles. The van der Waals surface area contributed by atoms with E-state index < -0.39 is 21.6 Å². The van der Waals surface area contributed by atoms with Crippen molar-refractivity contribution >= 4 is 10.0 Å². The summed E-state index contributed by atoms with van der Waals surface area (Å²) in [4.78, 5) is 0. The van der Waals surface area contributed by atoms with Crippen molar-refractivity contribution < 1.29 is 18.3 Å². The highest BCUT2D eigenvalue weighted by Gasteiger charge is 2.23. The van der Waals surface area contributed by atoms with Crippen LogP contribution in [0.4, 0.5) is 0 Å². The van der Waals surface area contributed by atoms with Gasteiger partial charge in [-0.1, -0.05) is 0 Å². The molecule has 0 aliphatic carbocycles. The molecule has 0 aliphatic rings. The molecule has 0 spiro atoms. The second-order valence-corrected chi connectivity index (χ2v) is 3.84. The molecule has 3 N–H and O–H groups in total. The van der Waals surface area contributed by atoms with Gasteiger partial charge >= 0.3 is 0 Å². The van der Waals surface area contributed by atoms with Crippen LogP contribution in [0.2, 0.25) is 0 Å². The van der Waals surface area contributed by atoms with E-state index in [2.05, 4.69) is 9.88 Å². The molecule has 0 amide bonds. The first-order valence-electron chi connectivity index (χ1n) is 2.62. The number of nitrogens with two attached hydrogens (primary N) is 1. The second kappa shape index (κ2) is 3.29. The van der Waals surface area contributed by atoms with Gasteiger partial charge in [-0.3, -0.25) is 0 Å². The number of aliphatic hydroxyl groups excluding tert-OH is 1. The van der Waals surface area contributed by atoms with Crippen LogP contribution in [0, 0.1) is 0 Å². The van der Waals surface area contributed by atoms with Gasteiger partial charge in [0.05, 0.1) is 0 Å². The molecular weight excluding hydrogens is 158 g/mol. The Morgan fingerprint density at radius 1 is 1.60 bits per heavy atom. The van der Waals surface area contributed by atoms with E-state index in [4.69, 9.17) is 5.11 Å². The highest BCUT2D eigenvalue weighted by molar-refractivity contribution is 7.89. The molecule has 2 atom stereocenters. The number of rotatable bonds is 3. The number of aliphatic hydroxyl groups is 1. The van der Waals surface area contributed by atoms with Gasteiger partial charge in [-0.2, -0.15) is 0 Å². The van der Waals surface area contributed by atoms with Gasteiger partial charge in [0.1, 0.15) is 5.25 Å². The Balaban J connectivity index is 4.23. The lowest BCUT2D eigenvalue weighted by Gasteiger charge is -2.13. The lowest BCUT2D eigenvalue weighted by Crippen LogP contribution is -2.37. The minimum Gasteiger partial charge on any atom is -0.367 e. The van der Waals surface area contributed by atoms with Gasteiger partial charge < -0.3 is 9.84 Å².